The SMILES string of the molecule is Cc1ccc2c(=O)c3ccc(Cl)c(N(C)C)c3n(CC(=O)NS(C)=O)c2c1. The number of nitrogens with one attached hydrogen (secondary N) is 1. The van der Waals surface area contributed by atoms with Gasteiger partial charge in [-0.1, -0.05) is 17.7 Å². The summed E-state index contributed by atoms with van der Waals surface area (Å²) in [6.45, 7) is 1.84. The Morgan fingerprint density at radius 1 is 1.22 bits per heavy atom. The standard InChI is InChI=1S/C19H20ClN3O3S/c1-11-5-6-12-15(9-11)23(10-16(24)21-27(4)26)17-13(19(12)25)7-8-14(20)18(17)22(2)3/h5-9H,10H2,1-4H3,(H,21,24). The molecule has 0 spiro atoms. The summed E-state index contributed by atoms with van der Waals surface area (Å²) < 4.78 is 15.6. The Morgan fingerprint density at radius 2 is 1.89 bits per heavy atom. The first-order chi connectivity index (χ1) is 12.7. The topological polar surface area (TPSA) is 71.4 Å². The molecule has 0 aliphatic rings. The number of hydrogen-bond donors (Lipinski definition) is 1. The van der Waals surface area contributed by atoms with E-state index < -0.39 is 16.9 Å². The summed E-state index contributed by atoms with van der Waals surface area (Å²) >= 11 is 6.42. The van der Waals surface area contributed by atoms with Gasteiger partial charge in [-0.2, -0.15) is 0 Å². The Kier molecular flexibility index (Phi) is 5.26. The third-order valence-electron chi connectivity index (χ3n) is 4.31. The number of carbonyl (C=O) groups is 1. The highest BCUT2D eigenvalue weighted by molar-refractivity contribution is 7.82. The van der Waals surface area contributed by atoms with Gasteiger partial charge in [-0.3, -0.25) is 14.3 Å². The lowest BCUT2D eigenvalue weighted by Crippen LogP contribution is -2.30. The maximum atomic E-state index is 13.1. The fraction of sp³-hybridized carbons (Fsp3) is 0.263. The molecule has 6 nitrogen and oxygen atoms in total. The molecule has 3 rings (SSSR count). The quantitative estimate of drug-likeness (QED) is 0.677. The van der Waals surface area contributed by atoms with Gasteiger partial charge in [0.2, 0.25) is 0 Å². The lowest BCUT2D eigenvalue weighted by molar-refractivity contribution is -0.119. The van der Waals surface area contributed by atoms with Crippen molar-refractivity contribution in [3.63, 3.8) is 0 Å². The van der Waals surface area contributed by atoms with Crippen LogP contribution in [0.2, 0.25) is 5.02 Å². The van der Waals surface area contributed by atoms with Crippen LogP contribution in [0.1, 0.15) is 5.56 Å². The molecular weight excluding hydrogens is 386 g/mol. The molecule has 27 heavy (non-hydrogen) atoms. The predicted octanol–water partition coefficient (Wildman–Crippen LogP) is 2.59. The summed E-state index contributed by atoms with van der Waals surface area (Å²) in [5.41, 5.74) is 2.71. The number of pyridine rings is 1. The number of rotatable bonds is 4. The van der Waals surface area contributed by atoms with Crippen molar-refractivity contribution >= 4 is 56.0 Å². The third-order valence-corrected chi connectivity index (χ3v) is 5.13. The smallest absolute Gasteiger partial charge is 0.251 e. The number of carbonyl (C=O) groups excluding carboxylic acids is 1. The largest absolute Gasteiger partial charge is 0.375 e. The lowest BCUT2D eigenvalue weighted by Gasteiger charge is -2.22. The van der Waals surface area contributed by atoms with E-state index in [-0.39, 0.29) is 12.0 Å². The molecule has 2 aromatic carbocycles. The van der Waals surface area contributed by atoms with E-state index in [0.717, 1.165) is 5.56 Å². The van der Waals surface area contributed by atoms with E-state index in [1.54, 1.807) is 22.8 Å². The molecule has 1 N–H and O–H groups in total. The summed E-state index contributed by atoms with van der Waals surface area (Å²) in [4.78, 5) is 27.3. The number of halogens is 1. The van der Waals surface area contributed by atoms with Crippen LogP contribution in [0, 0.1) is 6.92 Å². The number of nitrogens with zero attached hydrogens (tertiary/aromatic N) is 2. The molecule has 0 aliphatic heterocycles. The van der Waals surface area contributed by atoms with E-state index in [1.807, 2.05) is 38.1 Å². The Balaban J connectivity index is 2.49. The second-order valence-electron chi connectivity index (χ2n) is 6.60. The van der Waals surface area contributed by atoms with Gasteiger partial charge in [-0.15, -0.1) is 0 Å². The number of hydrogen-bond acceptors (Lipinski definition) is 4. The summed E-state index contributed by atoms with van der Waals surface area (Å²) in [5, 5.41) is 1.47. The average molecular weight is 406 g/mol. The second kappa shape index (κ2) is 7.32. The summed E-state index contributed by atoms with van der Waals surface area (Å²) in [7, 11) is 2.19. The van der Waals surface area contributed by atoms with E-state index in [1.165, 1.54) is 6.26 Å². The number of amides is 1. The first kappa shape index (κ1) is 19.4. The van der Waals surface area contributed by atoms with Gasteiger partial charge < -0.3 is 9.47 Å². The number of benzene rings is 2. The van der Waals surface area contributed by atoms with Crippen LogP contribution in [0.3, 0.4) is 0 Å². The molecular formula is C19H20ClN3O3S. The summed E-state index contributed by atoms with van der Waals surface area (Å²) in [6, 6.07) is 8.87. The van der Waals surface area contributed by atoms with Crippen molar-refractivity contribution in [3.05, 3.63) is 51.1 Å². The Labute approximate surface area is 164 Å². The highest BCUT2D eigenvalue weighted by Crippen LogP contribution is 2.34. The number of fused-ring (bicyclic) bond motifs is 2. The van der Waals surface area contributed by atoms with Crippen LogP contribution < -0.4 is 15.1 Å². The molecule has 0 radical (unpaired) electrons. The van der Waals surface area contributed by atoms with Crippen molar-refractivity contribution in [3.8, 4) is 0 Å². The third kappa shape index (κ3) is 3.57. The molecule has 3 aromatic rings. The van der Waals surface area contributed by atoms with Crippen molar-refractivity contribution in [2.24, 2.45) is 0 Å². The molecule has 1 unspecified atom stereocenters. The lowest BCUT2D eigenvalue weighted by atomic mass is 10.1. The molecule has 8 heteroatoms. The van der Waals surface area contributed by atoms with E-state index >= 15 is 0 Å². The van der Waals surface area contributed by atoms with Gasteiger partial charge in [0.05, 0.1) is 21.7 Å². The van der Waals surface area contributed by atoms with Crippen molar-refractivity contribution in [1.82, 2.24) is 9.29 Å². The van der Waals surface area contributed by atoms with E-state index in [0.29, 0.717) is 32.5 Å². The molecule has 0 saturated heterocycles. The molecule has 0 fully saturated rings. The summed E-state index contributed by atoms with van der Waals surface area (Å²) in [5.74, 6) is -0.409. The van der Waals surface area contributed by atoms with Gasteiger partial charge in [0.25, 0.3) is 5.91 Å². The van der Waals surface area contributed by atoms with Crippen molar-refractivity contribution in [2.45, 2.75) is 13.5 Å². The van der Waals surface area contributed by atoms with Crippen molar-refractivity contribution in [1.29, 1.82) is 0 Å². The molecule has 0 bridgehead atoms. The molecule has 1 heterocycles. The Morgan fingerprint density at radius 3 is 2.52 bits per heavy atom. The van der Waals surface area contributed by atoms with Crippen LogP contribution in [0.4, 0.5) is 5.69 Å². The van der Waals surface area contributed by atoms with Crippen LogP contribution in [-0.4, -0.2) is 35.0 Å². The van der Waals surface area contributed by atoms with E-state index in [2.05, 4.69) is 4.72 Å². The Hall–Kier alpha value is -2.38. The van der Waals surface area contributed by atoms with E-state index in [4.69, 9.17) is 11.6 Å². The normalized spacial score (nSPS) is 12.3. The van der Waals surface area contributed by atoms with Crippen LogP contribution in [0.5, 0.6) is 0 Å². The van der Waals surface area contributed by atoms with Crippen LogP contribution in [-0.2, 0) is 22.3 Å². The zero-order valence-corrected chi connectivity index (χ0v) is 17.1. The number of anilines is 1. The molecule has 0 saturated carbocycles. The summed E-state index contributed by atoms with van der Waals surface area (Å²) in [6.07, 6.45) is 1.39. The van der Waals surface area contributed by atoms with E-state index in [9.17, 15) is 13.8 Å². The van der Waals surface area contributed by atoms with Gasteiger partial charge in [0.15, 0.2) is 5.43 Å². The fourth-order valence-corrected chi connectivity index (χ4v) is 3.97. The molecule has 0 aliphatic carbocycles. The van der Waals surface area contributed by atoms with Crippen molar-refractivity contribution < 1.29 is 9.00 Å². The number of aromatic nitrogens is 1. The van der Waals surface area contributed by atoms with Gasteiger partial charge in [-0.25, -0.2) is 4.21 Å². The zero-order valence-electron chi connectivity index (χ0n) is 15.5. The second-order valence-corrected chi connectivity index (χ2v) is 8.12. The predicted molar refractivity (Wildman–Crippen MR) is 112 cm³/mol. The maximum Gasteiger partial charge on any atom is 0.251 e. The first-order valence-electron chi connectivity index (χ1n) is 8.26. The van der Waals surface area contributed by atoms with Crippen LogP contribution in [0.25, 0.3) is 21.8 Å². The highest BCUT2D eigenvalue weighted by atomic mass is 35.5. The zero-order chi connectivity index (χ0) is 19.9. The van der Waals surface area contributed by atoms with Crippen molar-refractivity contribution in [2.75, 3.05) is 25.3 Å². The number of aryl methyl sites for hydroxylation is 1. The first-order valence-corrected chi connectivity index (χ1v) is 10.2. The molecule has 142 valence electrons. The van der Waals surface area contributed by atoms with Gasteiger partial charge in [0, 0.05) is 31.1 Å². The minimum Gasteiger partial charge on any atom is -0.375 e. The Bertz CT molecular complexity index is 1150. The molecule has 1 atom stereocenters. The van der Waals surface area contributed by atoms with Crippen LogP contribution >= 0.6 is 11.6 Å². The highest BCUT2D eigenvalue weighted by Gasteiger charge is 2.19. The monoisotopic (exact) mass is 405 g/mol. The van der Waals surface area contributed by atoms with Gasteiger partial charge >= 0.3 is 0 Å². The minimum atomic E-state index is -1.48. The van der Waals surface area contributed by atoms with Gasteiger partial charge in [0.1, 0.15) is 17.5 Å². The molecule has 1 aromatic heterocycles. The fourth-order valence-electron chi connectivity index (χ4n) is 3.26. The average Bonchev–Trinajstić information content (AvgIpc) is 2.57. The molecule has 1 amide bonds. The van der Waals surface area contributed by atoms with Crippen LogP contribution in [0.15, 0.2) is 35.1 Å². The minimum absolute atomic E-state index is 0.0858. The maximum absolute atomic E-state index is 13.1. The van der Waals surface area contributed by atoms with Gasteiger partial charge in [-0.05, 0) is 36.8 Å².